The van der Waals surface area contributed by atoms with Crippen LogP contribution in [0.25, 0.3) is 11.1 Å². The molecule has 1 aromatic heterocycles. The minimum Gasteiger partial charge on any atom is -0.224 e. The summed E-state index contributed by atoms with van der Waals surface area (Å²) in [6.45, 7) is 0. The summed E-state index contributed by atoms with van der Waals surface area (Å²) in [5.41, 5.74) is 1.14. The maximum absolute atomic E-state index is 6.11. The van der Waals surface area contributed by atoms with Crippen molar-refractivity contribution in [3.8, 4) is 11.1 Å². The number of pyridine rings is 1. The van der Waals surface area contributed by atoms with E-state index in [-0.39, 0.29) is 5.15 Å². The van der Waals surface area contributed by atoms with E-state index in [1.807, 2.05) is 0 Å². The molecule has 0 saturated carbocycles. The molecule has 0 bridgehead atoms. The van der Waals surface area contributed by atoms with Crippen LogP contribution in [0.5, 0.6) is 0 Å². The van der Waals surface area contributed by atoms with Crippen molar-refractivity contribution in [2.45, 2.75) is 0 Å². The van der Waals surface area contributed by atoms with E-state index >= 15 is 0 Å². The maximum atomic E-state index is 6.11. The summed E-state index contributed by atoms with van der Waals surface area (Å²) >= 11 is 29.9. The van der Waals surface area contributed by atoms with Crippen LogP contribution in [0.15, 0.2) is 24.3 Å². The number of halogens is 5. The van der Waals surface area contributed by atoms with Gasteiger partial charge in [-0.25, -0.2) is 4.98 Å². The van der Waals surface area contributed by atoms with E-state index in [1.165, 1.54) is 0 Å². The first kappa shape index (κ1) is 13.3. The molecule has 0 aliphatic rings. The first-order valence-corrected chi connectivity index (χ1v) is 6.35. The average Bonchev–Trinajstić information content (AvgIpc) is 2.27. The van der Waals surface area contributed by atoms with Crippen LogP contribution in [0, 0.1) is 0 Å². The maximum Gasteiger partial charge on any atom is 0.138 e. The van der Waals surface area contributed by atoms with Crippen molar-refractivity contribution in [3.05, 3.63) is 49.6 Å². The Hall–Kier alpha value is -0.180. The van der Waals surface area contributed by atoms with E-state index < -0.39 is 0 Å². The van der Waals surface area contributed by atoms with Gasteiger partial charge >= 0.3 is 0 Å². The van der Waals surface area contributed by atoms with Crippen LogP contribution in [-0.4, -0.2) is 4.98 Å². The van der Waals surface area contributed by atoms with Gasteiger partial charge in [-0.1, -0.05) is 58.0 Å². The van der Waals surface area contributed by atoms with Crippen LogP contribution < -0.4 is 0 Å². The Morgan fingerprint density at radius 3 is 2.06 bits per heavy atom. The summed E-state index contributed by atoms with van der Waals surface area (Å²) in [5.74, 6) is 0. The third-order valence-electron chi connectivity index (χ3n) is 2.13. The van der Waals surface area contributed by atoms with Crippen LogP contribution in [0.1, 0.15) is 0 Å². The number of hydrogen-bond donors (Lipinski definition) is 0. The second-order valence-corrected chi connectivity index (χ2v) is 5.13. The molecule has 1 aromatic carbocycles. The fraction of sp³-hybridized carbons (Fsp3) is 0. The molecule has 0 spiro atoms. The molecule has 0 unspecified atom stereocenters. The monoisotopic (exact) mass is 325 g/mol. The number of nitrogens with zero attached hydrogens (tertiary/aromatic N) is 1. The van der Waals surface area contributed by atoms with Crippen LogP contribution in [0.4, 0.5) is 0 Å². The molecule has 0 radical (unpaired) electrons. The van der Waals surface area contributed by atoms with Crippen molar-refractivity contribution in [3.63, 3.8) is 0 Å². The van der Waals surface area contributed by atoms with Gasteiger partial charge in [0.2, 0.25) is 0 Å². The Labute approximate surface area is 123 Å². The normalized spacial score (nSPS) is 10.6. The fourth-order valence-corrected chi connectivity index (χ4v) is 2.54. The smallest absolute Gasteiger partial charge is 0.138 e. The van der Waals surface area contributed by atoms with Crippen LogP contribution in [-0.2, 0) is 0 Å². The number of benzene rings is 1. The predicted octanol–water partition coefficient (Wildman–Crippen LogP) is 6.02. The summed E-state index contributed by atoms with van der Waals surface area (Å²) in [4.78, 5) is 3.93. The molecule has 0 aliphatic heterocycles. The molecule has 1 heterocycles. The second kappa shape index (κ2) is 5.21. The van der Waals surface area contributed by atoms with Crippen molar-refractivity contribution < 1.29 is 0 Å². The summed E-state index contributed by atoms with van der Waals surface area (Å²) in [7, 11) is 0. The van der Waals surface area contributed by atoms with Crippen molar-refractivity contribution >= 4 is 58.0 Å². The topological polar surface area (TPSA) is 12.9 Å². The van der Waals surface area contributed by atoms with Crippen molar-refractivity contribution in [1.82, 2.24) is 4.98 Å². The molecule has 1 nitrogen and oxygen atoms in total. The van der Waals surface area contributed by atoms with Gasteiger partial charge in [0.05, 0.1) is 15.1 Å². The Morgan fingerprint density at radius 1 is 0.765 bits per heavy atom. The molecule has 0 saturated heterocycles. The average molecular weight is 327 g/mol. The Morgan fingerprint density at radius 2 is 1.41 bits per heavy atom. The minimum atomic E-state index is 0.226. The standard InChI is InChI=1S/C11H4Cl5N/c12-6-2-3-7(13)10(15)9(6)5-1-4-8(14)17-11(5)16/h1-4H. The number of aromatic nitrogens is 1. The van der Waals surface area contributed by atoms with Gasteiger partial charge in [0.1, 0.15) is 10.3 Å². The molecule has 2 rings (SSSR count). The summed E-state index contributed by atoms with van der Waals surface area (Å²) in [6, 6.07) is 6.57. The number of rotatable bonds is 1. The van der Waals surface area contributed by atoms with Gasteiger partial charge in [-0.05, 0) is 24.3 Å². The molecular formula is C11H4Cl5N. The third kappa shape index (κ3) is 2.64. The lowest BCUT2D eigenvalue weighted by atomic mass is 10.1. The van der Waals surface area contributed by atoms with E-state index in [0.717, 1.165) is 0 Å². The van der Waals surface area contributed by atoms with Crippen LogP contribution in [0.3, 0.4) is 0 Å². The molecule has 2 aromatic rings. The van der Waals surface area contributed by atoms with Gasteiger partial charge in [-0.3, -0.25) is 0 Å². The second-order valence-electron chi connectivity index (χ2n) is 3.19. The molecular weight excluding hydrogens is 323 g/mol. The first-order valence-electron chi connectivity index (χ1n) is 4.46. The minimum absolute atomic E-state index is 0.226. The highest BCUT2D eigenvalue weighted by Crippen LogP contribution is 2.41. The van der Waals surface area contributed by atoms with Crippen LogP contribution in [0.2, 0.25) is 25.4 Å². The molecule has 0 amide bonds. The molecule has 6 heteroatoms. The Bertz CT molecular complexity index is 582. The highest BCUT2D eigenvalue weighted by Gasteiger charge is 2.15. The van der Waals surface area contributed by atoms with Gasteiger partial charge in [0, 0.05) is 11.1 Å². The molecule has 0 aliphatic carbocycles. The number of hydrogen-bond acceptors (Lipinski definition) is 1. The molecule has 0 atom stereocenters. The van der Waals surface area contributed by atoms with E-state index in [9.17, 15) is 0 Å². The van der Waals surface area contributed by atoms with E-state index in [2.05, 4.69) is 4.98 Å². The van der Waals surface area contributed by atoms with Gasteiger partial charge in [-0.15, -0.1) is 0 Å². The summed E-state index contributed by atoms with van der Waals surface area (Å²) in [6.07, 6.45) is 0. The van der Waals surface area contributed by atoms with Crippen molar-refractivity contribution in [2.24, 2.45) is 0 Å². The van der Waals surface area contributed by atoms with Crippen molar-refractivity contribution in [1.29, 1.82) is 0 Å². The zero-order chi connectivity index (χ0) is 12.6. The lowest BCUT2D eigenvalue weighted by Crippen LogP contribution is -1.87. The molecule has 0 fully saturated rings. The van der Waals surface area contributed by atoms with Gasteiger partial charge in [-0.2, -0.15) is 0 Å². The molecule has 17 heavy (non-hydrogen) atoms. The lowest BCUT2D eigenvalue weighted by molar-refractivity contribution is 1.33. The first-order chi connectivity index (χ1) is 8.00. The quantitative estimate of drug-likeness (QED) is 0.461. The largest absolute Gasteiger partial charge is 0.224 e. The van der Waals surface area contributed by atoms with E-state index in [1.54, 1.807) is 24.3 Å². The molecule has 0 N–H and O–H groups in total. The Balaban J connectivity index is 2.72. The SMILES string of the molecule is Clc1ccc(-c2c(Cl)ccc(Cl)c2Cl)c(Cl)n1. The fourth-order valence-electron chi connectivity index (χ4n) is 1.37. The van der Waals surface area contributed by atoms with Gasteiger partial charge in [0.15, 0.2) is 0 Å². The van der Waals surface area contributed by atoms with E-state index in [4.69, 9.17) is 58.0 Å². The van der Waals surface area contributed by atoms with Gasteiger partial charge < -0.3 is 0 Å². The Kier molecular flexibility index (Phi) is 4.06. The highest BCUT2D eigenvalue weighted by molar-refractivity contribution is 6.46. The van der Waals surface area contributed by atoms with Gasteiger partial charge in [0.25, 0.3) is 0 Å². The zero-order valence-corrected chi connectivity index (χ0v) is 11.9. The highest BCUT2D eigenvalue weighted by atomic mass is 35.5. The zero-order valence-electron chi connectivity index (χ0n) is 8.15. The van der Waals surface area contributed by atoms with E-state index in [0.29, 0.717) is 31.3 Å². The third-order valence-corrected chi connectivity index (χ3v) is 3.75. The molecule has 88 valence electrons. The lowest BCUT2D eigenvalue weighted by Gasteiger charge is -2.09. The predicted molar refractivity (Wildman–Crippen MR) is 74.7 cm³/mol. The van der Waals surface area contributed by atoms with Crippen LogP contribution >= 0.6 is 58.0 Å². The summed E-state index contributed by atoms with van der Waals surface area (Å²) in [5, 5.41) is 1.71. The van der Waals surface area contributed by atoms with Crippen molar-refractivity contribution in [2.75, 3.05) is 0 Å². The summed E-state index contributed by atoms with van der Waals surface area (Å²) < 4.78 is 0.